The molecule has 0 unspecified atom stereocenters. The van der Waals surface area contributed by atoms with Crippen molar-refractivity contribution in [2.24, 2.45) is 10.8 Å². The lowest BCUT2D eigenvalue weighted by molar-refractivity contribution is -0.122. The summed E-state index contributed by atoms with van der Waals surface area (Å²) in [5.41, 5.74) is 11.6. The molecule has 150 valence electrons. The molecule has 3 N–H and O–H groups in total. The summed E-state index contributed by atoms with van der Waals surface area (Å²) in [7, 11) is 0. The maximum Gasteiger partial charge on any atom is 0.257 e. The standard InChI is InChI=1S/C22H29N3O3/c1-3-17(23)21(26)25-24-20-11-14(2)16-12-15-7-10-22(8-5-4-6-9-22)28-18(15)13-19(16)27-20/h11-13,17H,3-10,23H2,1-2H3,(H,25,26)/b24-20-/t17-/m1/s1. The lowest BCUT2D eigenvalue weighted by atomic mass is 9.79. The first-order chi connectivity index (χ1) is 13.5. The summed E-state index contributed by atoms with van der Waals surface area (Å²) < 4.78 is 12.5. The van der Waals surface area contributed by atoms with Crippen molar-refractivity contribution in [2.45, 2.75) is 76.9 Å². The lowest BCUT2D eigenvalue weighted by Crippen LogP contribution is -2.41. The van der Waals surface area contributed by atoms with Gasteiger partial charge in [-0.3, -0.25) is 4.79 Å². The second-order valence-corrected chi connectivity index (χ2v) is 8.17. The summed E-state index contributed by atoms with van der Waals surface area (Å²) in [6.07, 6.45) is 8.77. The minimum atomic E-state index is -0.572. The monoisotopic (exact) mass is 383 g/mol. The van der Waals surface area contributed by atoms with E-state index in [4.69, 9.17) is 14.9 Å². The van der Waals surface area contributed by atoms with E-state index in [0.29, 0.717) is 12.0 Å². The van der Waals surface area contributed by atoms with E-state index in [1.165, 1.54) is 24.8 Å². The molecule has 0 bridgehead atoms. The van der Waals surface area contributed by atoms with Gasteiger partial charge in [-0.25, -0.2) is 5.43 Å². The molecule has 0 saturated heterocycles. The van der Waals surface area contributed by atoms with Crippen LogP contribution in [0.25, 0.3) is 11.0 Å². The lowest BCUT2D eigenvalue weighted by Gasteiger charge is -2.41. The van der Waals surface area contributed by atoms with E-state index < -0.39 is 6.04 Å². The minimum absolute atomic E-state index is 0.000221. The molecular formula is C22H29N3O3. The van der Waals surface area contributed by atoms with E-state index in [-0.39, 0.29) is 11.5 Å². The van der Waals surface area contributed by atoms with Crippen LogP contribution < -0.4 is 21.5 Å². The normalized spacial score (nSPS) is 19.9. The molecule has 28 heavy (non-hydrogen) atoms. The SMILES string of the molecule is CC[C@@H](N)C(=O)N/N=c1/cc(C)c2cc3c(cc2o1)OC1(CCCCC1)CC3. The third-order valence-electron chi connectivity index (χ3n) is 6.14. The Morgan fingerprint density at radius 1 is 1.25 bits per heavy atom. The van der Waals surface area contributed by atoms with Gasteiger partial charge in [0.2, 0.25) is 5.55 Å². The minimum Gasteiger partial charge on any atom is -0.487 e. The van der Waals surface area contributed by atoms with Gasteiger partial charge < -0.3 is 14.9 Å². The highest BCUT2D eigenvalue weighted by atomic mass is 16.5. The van der Waals surface area contributed by atoms with Crippen molar-refractivity contribution in [3.05, 3.63) is 34.9 Å². The first-order valence-electron chi connectivity index (χ1n) is 10.4. The van der Waals surface area contributed by atoms with Crippen molar-refractivity contribution in [2.75, 3.05) is 0 Å². The summed E-state index contributed by atoms with van der Waals surface area (Å²) in [6.45, 7) is 3.88. The van der Waals surface area contributed by atoms with E-state index in [9.17, 15) is 4.79 Å². The topological polar surface area (TPSA) is 89.9 Å². The van der Waals surface area contributed by atoms with Crippen LogP contribution in [0.1, 0.15) is 63.0 Å². The van der Waals surface area contributed by atoms with E-state index in [1.54, 1.807) is 0 Å². The van der Waals surface area contributed by atoms with E-state index in [1.807, 2.05) is 26.0 Å². The molecule has 6 heteroatoms. The van der Waals surface area contributed by atoms with Gasteiger partial charge in [0.15, 0.2) is 0 Å². The third-order valence-corrected chi connectivity index (χ3v) is 6.14. The summed E-state index contributed by atoms with van der Waals surface area (Å²) in [6, 6.07) is 5.43. The average Bonchev–Trinajstić information content (AvgIpc) is 2.70. The second kappa shape index (κ2) is 7.59. The Kier molecular flexibility index (Phi) is 5.15. The van der Waals surface area contributed by atoms with Crippen molar-refractivity contribution < 1.29 is 13.9 Å². The number of aryl methyl sites for hydroxylation is 2. The van der Waals surface area contributed by atoms with Gasteiger partial charge in [-0.2, -0.15) is 0 Å². The molecular weight excluding hydrogens is 354 g/mol. The van der Waals surface area contributed by atoms with Crippen LogP contribution in [-0.2, 0) is 11.2 Å². The molecule has 1 aliphatic heterocycles. The van der Waals surface area contributed by atoms with Crippen LogP contribution in [-0.4, -0.2) is 17.6 Å². The van der Waals surface area contributed by atoms with E-state index in [2.05, 4.69) is 16.6 Å². The molecule has 1 atom stereocenters. The van der Waals surface area contributed by atoms with Crippen LogP contribution >= 0.6 is 0 Å². The Morgan fingerprint density at radius 3 is 2.79 bits per heavy atom. The zero-order valence-electron chi connectivity index (χ0n) is 16.7. The Labute approximate surface area is 165 Å². The Bertz CT molecular complexity index is 957. The highest BCUT2D eigenvalue weighted by molar-refractivity contribution is 5.83. The highest BCUT2D eigenvalue weighted by Crippen LogP contribution is 2.43. The molecule has 2 aromatic rings. The molecule has 2 heterocycles. The fourth-order valence-electron chi connectivity index (χ4n) is 4.32. The number of carbonyl (C=O) groups is 1. The number of hydrogen-bond acceptors (Lipinski definition) is 5. The molecule has 1 amide bonds. The maximum absolute atomic E-state index is 11.9. The average molecular weight is 383 g/mol. The van der Waals surface area contributed by atoms with Gasteiger partial charge in [0.1, 0.15) is 16.9 Å². The first kappa shape index (κ1) is 19.0. The number of amides is 1. The van der Waals surface area contributed by atoms with Crippen LogP contribution in [0.15, 0.2) is 27.7 Å². The first-order valence-corrected chi connectivity index (χ1v) is 10.4. The molecule has 1 aromatic carbocycles. The number of fused-ring (bicyclic) bond motifs is 2. The summed E-state index contributed by atoms with van der Waals surface area (Å²) in [5, 5.41) is 5.15. The van der Waals surface area contributed by atoms with Crippen LogP contribution in [0.3, 0.4) is 0 Å². The fraction of sp³-hybridized carbons (Fsp3) is 0.545. The van der Waals surface area contributed by atoms with Gasteiger partial charge >= 0.3 is 0 Å². The molecule has 6 nitrogen and oxygen atoms in total. The zero-order chi connectivity index (χ0) is 19.7. The summed E-state index contributed by atoms with van der Waals surface area (Å²) in [5.74, 6) is 0.612. The van der Waals surface area contributed by atoms with Gasteiger partial charge in [0.25, 0.3) is 5.91 Å². The smallest absolute Gasteiger partial charge is 0.257 e. The molecule has 0 radical (unpaired) electrons. The molecule has 1 spiro atoms. The van der Waals surface area contributed by atoms with Gasteiger partial charge in [0.05, 0.1) is 6.04 Å². The van der Waals surface area contributed by atoms with Crippen LogP contribution in [0.4, 0.5) is 0 Å². The number of nitrogens with zero attached hydrogens (tertiary/aromatic N) is 1. The van der Waals surface area contributed by atoms with Gasteiger partial charge in [-0.05, 0) is 69.1 Å². The van der Waals surface area contributed by atoms with Crippen LogP contribution in [0.5, 0.6) is 5.75 Å². The van der Waals surface area contributed by atoms with Crippen LogP contribution in [0, 0.1) is 6.92 Å². The number of ether oxygens (including phenoxy) is 1. The molecule has 1 saturated carbocycles. The van der Waals surface area contributed by atoms with Crippen LogP contribution in [0.2, 0.25) is 0 Å². The number of rotatable bonds is 3. The predicted octanol–water partition coefficient (Wildman–Crippen LogP) is 3.44. The quantitative estimate of drug-likeness (QED) is 0.795. The largest absolute Gasteiger partial charge is 0.487 e. The molecule has 1 fully saturated rings. The number of hydrogen-bond donors (Lipinski definition) is 2. The van der Waals surface area contributed by atoms with Crippen molar-refractivity contribution in [3.63, 3.8) is 0 Å². The van der Waals surface area contributed by atoms with Crippen molar-refractivity contribution in [1.29, 1.82) is 0 Å². The second-order valence-electron chi connectivity index (χ2n) is 8.17. The Morgan fingerprint density at radius 2 is 2.04 bits per heavy atom. The van der Waals surface area contributed by atoms with Crippen molar-refractivity contribution in [3.8, 4) is 5.75 Å². The third kappa shape index (κ3) is 3.65. The predicted molar refractivity (Wildman–Crippen MR) is 108 cm³/mol. The van der Waals surface area contributed by atoms with Gasteiger partial charge in [-0.15, -0.1) is 5.10 Å². The molecule has 2 aliphatic rings. The number of carbonyl (C=O) groups excluding carboxylic acids is 1. The summed E-state index contributed by atoms with van der Waals surface area (Å²) in [4.78, 5) is 11.9. The van der Waals surface area contributed by atoms with Crippen molar-refractivity contribution in [1.82, 2.24) is 5.43 Å². The van der Waals surface area contributed by atoms with E-state index in [0.717, 1.165) is 48.0 Å². The van der Waals surface area contributed by atoms with Crippen molar-refractivity contribution >= 4 is 16.9 Å². The Hall–Kier alpha value is -2.34. The summed E-state index contributed by atoms with van der Waals surface area (Å²) >= 11 is 0. The Balaban J connectivity index is 1.67. The van der Waals surface area contributed by atoms with Gasteiger partial charge in [-0.1, -0.05) is 13.3 Å². The highest BCUT2D eigenvalue weighted by Gasteiger charge is 2.37. The maximum atomic E-state index is 11.9. The number of nitrogens with one attached hydrogen (secondary N) is 1. The molecule has 1 aliphatic carbocycles. The van der Waals surface area contributed by atoms with E-state index >= 15 is 0 Å². The molecule has 4 rings (SSSR count). The number of benzene rings is 1. The zero-order valence-corrected chi connectivity index (χ0v) is 16.7. The number of nitrogens with two attached hydrogens (primary N) is 1. The fourth-order valence-corrected chi connectivity index (χ4v) is 4.32. The molecule has 1 aromatic heterocycles. The van der Waals surface area contributed by atoms with Gasteiger partial charge in [0, 0.05) is 17.5 Å².